The second-order valence-corrected chi connectivity index (χ2v) is 5.92. The summed E-state index contributed by atoms with van der Waals surface area (Å²) < 4.78 is 0. The summed E-state index contributed by atoms with van der Waals surface area (Å²) in [5, 5.41) is 11.4. The van der Waals surface area contributed by atoms with Crippen molar-refractivity contribution < 1.29 is 0 Å². The largest absolute Gasteiger partial charge is 0.363 e. The summed E-state index contributed by atoms with van der Waals surface area (Å²) in [7, 11) is 0. The third-order valence-electron chi connectivity index (χ3n) is 3.18. The van der Waals surface area contributed by atoms with Gasteiger partial charge in [0.15, 0.2) is 0 Å². The van der Waals surface area contributed by atoms with E-state index in [0.717, 1.165) is 23.4 Å². The fourth-order valence-electron chi connectivity index (χ4n) is 2.22. The molecule has 0 aliphatic heterocycles. The molecule has 3 heteroatoms. The summed E-state index contributed by atoms with van der Waals surface area (Å²) in [6, 6.07) is 12.8. The zero-order chi connectivity index (χ0) is 13.8. The van der Waals surface area contributed by atoms with Crippen LogP contribution in [0.1, 0.15) is 29.9 Å². The Balaban J connectivity index is 2.43. The van der Waals surface area contributed by atoms with Gasteiger partial charge in [0, 0.05) is 10.9 Å². The summed E-state index contributed by atoms with van der Waals surface area (Å²) in [5.41, 5.74) is 2.97. The molecule has 0 fully saturated rings. The number of para-hydroxylation sites is 1. The van der Waals surface area contributed by atoms with E-state index in [2.05, 4.69) is 55.3 Å². The quantitative estimate of drug-likeness (QED) is 0.826. The van der Waals surface area contributed by atoms with Gasteiger partial charge in [-0.25, -0.2) is 0 Å². The minimum Gasteiger partial charge on any atom is -0.363 e. The molecule has 19 heavy (non-hydrogen) atoms. The van der Waals surface area contributed by atoms with Crippen molar-refractivity contribution in [2.24, 2.45) is 0 Å². The van der Waals surface area contributed by atoms with Gasteiger partial charge in [-0.05, 0) is 43.8 Å². The molecule has 2 aromatic rings. The lowest BCUT2D eigenvalue weighted by Crippen LogP contribution is -2.31. The zero-order valence-electron chi connectivity index (χ0n) is 11.6. The molecule has 0 amide bonds. The van der Waals surface area contributed by atoms with Crippen molar-refractivity contribution in [1.82, 2.24) is 0 Å². The smallest absolute Gasteiger partial charge is 0.101 e. The first kappa shape index (κ1) is 13.6. The van der Waals surface area contributed by atoms with Gasteiger partial charge in [0.05, 0.1) is 17.8 Å². The van der Waals surface area contributed by atoms with Crippen LogP contribution < -0.4 is 4.90 Å². The molecule has 98 valence electrons. The van der Waals surface area contributed by atoms with Gasteiger partial charge in [0.2, 0.25) is 0 Å². The maximum Gasteiger partial charge on any atom is 0.101 e. The van der Waals surface area contributed by atoms with E-state index in [1.165, 1.54) is 4.88 Å². The molecule has 0 aliphatic rings. The Labute approximate surface area is 118 Å². The van der Waals surface area contributed by atoms with Crippen LogP contribution in [0.25, 0.3) is 0 Å². The molecule has 1 aromatic heterocycles. The minimum atomic E-state index is 0.357. The number of thiophene rings is 1. The highest BCUT2D eigenvalue weighted by molar-refractivity contribution is 7.09. The molecule has 0 N–H and O–H groups in total. The number of rotatable bonds is 4. The lowest BCUT2D eigenvalue weighted by molar-refractivity contribution is 0.684. The van der Waals surface area contributed by atoms with Gasteiger partial charge >= 0.3 is 0 Å². The number of aryl methyl sites for hydroxylation is 1. The average Bonchev–Trinajstić information content (AvgIpc) is 2.89. The van der Waals surface area contributed by atoms with Gasteiger partial charge < -0.3 is 4.90 Å². The Morgan fingerprint density at radius 3 is 2.63 bits per heavy atom. The first-order valence-electron chi connectivity index (χ1n) is 6.42. The second kappa shape index (κ2) is 5.90. The van der Waals surface area contributed by atoms with E-state index in [-0.39, 0.29) is 0 Å². The van der Waals surface area contributed by atoms with Crippen molar-refractivity contribution in [3.05, 3.63) is 51.7 Å². The topological polar surface area (TPSA) is 27.0 Å². The highest BCUT2D eigenvalue weighted by atomic mass is 32.1. The molecule has 0 radical (unpaired) electrons. The Morgan fingerprint density at radius 2 is 2.05 bits per heavy atom. The standard InChI is InChI=1S/C16H18N2S/c1-12(2)18(11-15-8-5-9-19-15)16-13(3)6-4-7-14(16)10-17/h4-9,12H,11H2,1-3H3. The van der Waals surface area contributed by atoms with E-state index in [1.54, 1.807) is 11.3 Å². The van der Waals surface area contributed by atoms with Gasteiger partial charge in [-0.1, -0.05) is 18.2 Å². The summed E-state index contributed by atoms with van der Waals surface area (Å²) in [5.74, 6) is 0. The van der Waals surface area contributed by atoms with Crippen molar-refractivity contribution in [3.8, 4) is 6.07 Å². The van der Waals surface area contributed by atoms with Crippen LogP contribution in [0.15, 0.2) is 35.7 Å². The number of benzene rings is 1. The molecular weight excluding hydrogens is 252 g/mol. The maximum atomic E-state index is 9.33. The Hall–Kier alpha value is -1.79. The van der Waals surface area contributed by atoms with Crippen molar-refractivity contribution in [2.75, 3.05) is 4.90 Å². The molecule has 0 saturated carbocycles. The second-order valence-electron chi connectivity index (χ2n) is 4.88. The normalized spacial score (nSPS) is 10.5. The highest BCUT2D eigenvalue weighted by Gasteiger charge is 2.17. The van der Waals surface area contributed by atoms with Crippen LogP contribution in [0, 0.1) is 18.3 Å². The molecule has 0 atom stereocenters. The summed E-state index contributed by atoms with van der Waals surface area (Å²) in [6.45, 7) is 7.26. The number of hydrogen-bond acceptors (Lipinski definition) is 3. The van der Waals surface area contributed by atoms with Crippen LogP contribution in [-0.2, 0) is 6.54 Å². The van der Waals surface area contributed by atoms with E-state index < -0.39 is 0 Å². The third kappa shape index (κ3) is 2.97. The fourth-order valence-corrected chi connectivity index (χ4v) is 2.92. The lowest BCUT2D eigenvalue weighted by atomic mass is 10.1. The van der Waals surface area contributed by atoms with Gasteiger partial charge in [-0.2, -0.15) is 5.26 Å². The Kier molecular flexibility index (Phi) is 4.24. The predicted molar refractivity (Wildman–Crippen MR) is 81.5 cm³/mol. The molecule has 0 saturated heterocycles. The van der Waals surface area contributed by atoms with Crippen molar-refractivity contribution >= 4 is 17.0 Å². The van der Waals surface area contributed by atoms with E-state index >= 15 is 0 Å². The highest BCUT2D eigenvalue weighted by Crippen LogP contribution is 2.29. The number of anilines is 1. The van der Waals surface area contributed by atoms with Crippen molar-refractivity contribution in [3.63, 3.8) is 0 Å². The number of hydrogen-bond donors (Lipinski definition) is 0. The number of nitrogens with zero attached hydrogens (tertiary/aromatic N) is 2. The van der Waals surface area contributed by atoms with Crippen molar-refractivity contribution in [1.29, 1.82) is 5.26 Å². The molecule has 0 spiro atoms. The summed E-state index contributed by atoms with van der Waals surface area (Å²) in [6.07, 6.45) is 0. The minimum absolute atomic E-state index is 0.357. The van der Waals surface area contributed by atoms with E-state index in [4.69, 9.17) is 0 Å². The Morgan fingerprint density at radius 1 is 1.26 bits per heavy atom. The third-order valence-corrected chi connectivity index (χ3v) is 4.04. The number of nitriles is 1. The maximum absolute atomic E-state index is 9.33. The summed E-state index contributed by atoms with van der Waals surface area (Å²) >= 11 is 1.76. The van der Waals surface area contributed by atoms with E-state index in [0.29, 0.717) is 6.04 Å². The van der Waals surface area contributed by atoms with E-state index in [9.17, 15) is 5.26 Å². The monoisotopic (exact) mass is 270 g/mol. The first-order valence-corrected chi connectivity index (χ1v) is 7.30. The molecule has 1 aromatic carbocycles. The van der Waals surface area contributed by atoms with Gasteiger partial charge in [-0.15, -0.1) is 11.3 Å². The molecule has 0 unspecified atom stereocenters. The Bertz CT molecular complexity index is 579. The summed E-state index contributed by atoms with van der Waals surface area (Å²) in [4.78, 5) is 3.63. The van der Waals surface area contributed by atoms with Gasteiger partial charge in [0.25, 0.3) is 0 Å². The van der Waals surface area contributed by atoms with Crippen molar-refractivity contribution in [2.45, 2.75) is 33.4 Å². The predicted octanol–water partition coefficient (Wildman–Crippen LogP) is 4.34. The molecule has 0 aliphatic carbocycles. The average molecular weight is 270 g/mol. The molecule has 1 heterocycles. The fraction of sp³-hybridized carbons (Fsp3) is 0.312. The van der Waals surface area contributed by atoms with Crippen LogP contribution in [-0.4, -0.2) is 6.04 Å². The lowest BCUT2D eigenvalue weighted by Gasteiger charge is -2.30. The van der Waals surface area contributed by atoms with Crippen LogP contribution in [0.4, 0.5) is 5.69 Å². The van der Waals surface area contributed by atoms with E-state index in [1.807, 2.05) is 12.1 Å². The molecule has 0 bridgehead atoms. The SMILES string of the molecule is Cc1cccc(C#N)c1N(Cc1cccs1)C(C)C. The molecule has 2 rings (SSSR count). The van der Waals surface area contributed by atoms with Crippen LogP contribution in [0.3, 0.4) is 0 Å². The van der Waals surface area contributed by atoms with Gasteiger partial charge in [-0.3, -0.25) is 0 Å². The van der Waals surface area contributed by atoms with Gasteiger partial charge in [0.1, 0.15) is 6.07 Å². The van der Waals surface area contributed by atoms with Crippen LogP contribution in [0.2, 0.25) is 0 Å². The molecule has 2 nitrogen and oxygen atoms in total. The molecular formula is C16H18N2S. The zero-order valence-corrected chi connectivity index (χ0v) is 12.4. The van der Waals surface area contributed by atoms with Crippen LogP contribution >= 0.6 is 11.3 Å². The van der Waals surface area contributed by atoms with Crippen LogP contribution in [0.5, 0.6) is 0 Å². The first-order chi connectivity index (χ1) is 9.13.